The highest BCUT2D eigenvalue weighted by atomic mass is 79.9. The number of aryl methyl sites for hydroxylation is 1. The fraction of sp³-hybridized carbons (Fsp3) is 0.273. The van der Waals surface area contributed by atoms with Crippen molar-refractivity contribution in [2.45, 2.75) is 33.2 Å². The Labute approximate surface area is 209 Å². The summed E-state index contributed by atoms with van der Waals surface area (Å²) in [5.41, 5.74) is -0.696. The van der Waals surface area contributed by atoms with Crippen LogP contribution in [0, 0.1) is 25.5 Å². The van der Waals surface area contributed by atoms with Gasteiger partial charge < -0.3 is 19.4 Å². The van der Waals surface area contributed by atoms with E-state index in [0.717, 1.165) is 16.7 Å². The normalized spacial score (nSPS) is 11.4. The molecule has 0 spiro atoms. The molecule has 0 unspecified atom stereocenters. The van der Waals surface area contributed by atoms with Crippen LogP contribution in [0.1, 0.15) is 22.6 Å². The minimum atomic E-state index is -5.36. The van der Waals surface area contributed by atoms with Gasteiger partial charge >= 0.3 is 12.1 Å². The Morgan fingerprint density at radius 2 is 1.86 bits per heavy atom. The molecule has 0 saturated carbocycles. The van der Waals surface area contributed by atoms with Crippen molar-refractivity contribution in [2.24, 2.45) is 0 Å². The van der Waals surface area contributed by atoms with Gasteiger partial charge in [-0.05, 0) is 41.9 Å². The van der Waals surface area contributed by atoms with Crippen molar-refractivity contribution in [3.05, 3.63) is 73.5 Å². The van der Waals surface area contributed by atoms with Crippen molar-refractivity contribution in [3.8, 4) is 11.5 Å². The maximum Gasteiger partial charge on any atom is 0.491 e. The van der Waals surface area contributed by atoms with Crippen LogP contribution in [0.25, 0.3) is 0 Å². The summed E-state index contributed by atoms with van der Waals surface area (Å²) in [6.07, 6.45) is -3.93. The molecule has 3 rings (SSSR count). The van der Waals surface area contributed by atoms with Crippen LogP contribution in [0.5, 0.6) is 11.5 Å². The number of rotatable bonds is 7. The largest absolute Gasteiger partial charge is 0.491 e. The lowest BCUT2D eigenvalue weighted by Crippen LogP contribution is -2.31. The zero-order valence-corrected chi connectivity index (χ0v) is 20.6. The number of pyridine rings is 1. The molecule has 3 aromatic rings. The molecule has 0 bridgehead atoms. The Morgan fingerprint density at radius 1 is 1.17 bits per heavy atom. The Balaban J connectivity index is 2.12. The predicted octanol–water partition coefficient (Wildman–Crippen LogP) is 4.43. The minimum Gasteiger partial charge on any atom is -0.483 e. The SMILES string of the molecule is CNc1nc(C)ncc1Cn1c(C)c(OC(=O)C(F)(F)F)c(OCc2ccc(F)cc2F)c(Br)c1=O. The molecule has 8 nitrogen and oxygen atoms in total. The predicted molar refractivity (Wildman–Crippen MR) is 121 cm³/mol. The van der Waals surface area contributed by atoms with Crippen LogP contribution < -0.4 is 20.3 Å². The lowest BCUT2D eigenvalue weighted by Gasteiger charge is -2.20. The highest BCUT2D eigenvalue weighted by Gasteiger charge is 2.42. The van der Waals surface area contributed by atoms with Gasteiger partial charge in [0.05, 0.1) is 12.2 Å². The average molecular weight is 577 g/mol. The maximum absolute atomic E-state index is 14.0. The van der Waals surface area contributed by atoms with Gasteiger partial charge in [-0.1, -0.05) is 0 Å². The van der Waals surface area contributed by atoms with Gasteiger partial charge in [-0.2, -0.15) is 13.2 Å². The van der Waals surface area contributed by atoms with E-state index in [9.17, 15) is 31.5 Å². The molecule has 0 aliphatic rings. The first-order chi connectivity index (χ1) is 16.8. The first kappa shape index (κ1) is 27.0. The number of alkyl halides is 3. The third kappa shape index (κ3) is 5.80. The molecule has 0 radical (unpaired) electrons. The number of ether oxygens (including phenoxy) is 2. The maximum atomic E-state index is 14.0. The Hall–Kier alpha value is -3.55. The van der Waals surface area contributed by atoms with E-state index in [0.29, 0.717) is 23.3 Å². The molecule has 1 N–H and O–H groups in total. The Bertz CT molecular complexity index is 1380. The molecule has 1 aromatic carbocycles. The Kier molecular flexibility index (Phi) is 7.96. The number of esters is 1. The van der Waals surface area contributed by atoms with Gasteiger partial charge in [-0.25, -0.2) is 23.5 Å². The zero-order valence-electron chi connectivity index (χ0n) is 19.0. The molecule has 0 amide bonds. The minimum absolute atomic E-state index is 0.159. The van der Waals surface area contributed by atoms with Crippen LogP contribution in [0.4, 0.5) is 27.8 Å². The fourth-order valence-electron chi connectivity index (χ4n) is 3.13. The summed E-state index contributed by atoms with van der Waals surface area (Å²) < 4.78 is 76.9. The van der Waals surface area contributed by atoms with E-state index < -0.39 is 47.4 Å². The fourth-order valence-corrected chi connectivity index (χ4v) is 3.64. The summed E-state index contributed by atoms with van der Waals surface area (Å²) in [7, 11) is 1.58. The number of nitrogens with zero attached hydrogens (tertiary/aromatic N) is 3. The zero-order chi connectivity index (χ0) is 26.8. The van der Waals surface area contributed by atoms with E-state index in [1.54, 1.807) is 14.0 Å². The molecular formula is C22H18BrF5N4O4. The number of carbonyl (C=O) groups is 1. The Morgan fingerprint density at radius 3 is 2.47 bits per heavy atom. The summed E-state index contributed by atoms with van der Waals surface area (Å²) in [4.78, 5) is 33.1. The first-order valence-corrected chi connectivity index (χ1v) is 10.9. The quantitative estimate of drug-likeness (QED) is 0.328. The number of halogens is 6. The number of hydrogen-bond acceptors (Lipinski definition) is 7. The third-order valence-electron chi connectivity index (χ3n) is 4.94. The van der Waals surface area contributed by atoms with Crippen LogP contribution in [0.3, 0.4) is 0 Å². The van der Waals surface area contributed by atoms with Crippen LogP contribution in [-0.4, -0.2) is 33.7 Å². The van der Waals surface area contributed by atoms with Gasteiger partial charge in [-0.15, -0.1) is 0 Å². The number of anilines is 1. The van der Waals surface area contributed by atoms with Crippen LogP contribution in [0.15, 0.2) is 33.7 Å². The monoisotopic (exact) mass is 576 g/mol. The number of nitrogens with one attached hydrogen (secondary N) is 1. The molecule has 0 aliphatic heterocycles. The van der Waals surface area contributed by atoms with Crippen molar-refractivity contribution < 1.29 is 36.2 Å². The number of hydrogen-bond donors (Lipinski definition) is 1. The number of aromatic nitrogens is 3. The highest BCUT2D eigenvalue weighted by molar-refractivity contribution is 9.10. The van der Waals surface area contributed by atoms with Gasteiger partial charge in [0, 0.05) is 30.4 Å². The summed E-state index contributed by atoms with van der Waals surface area (Å²) in [5.74, 6) is -4.87. The second-order valence-electron chi connectivity index (χ2n) is 7.40. The van der Waals surface area contributed by atoms with Crippen LogP contribution in [-0.2, 0) is 17.9 Å². The van der Waals surface area contributed by atoms with Crippen LogP contribution >= 0.6 is 15.9 Å². The van der Waals surface area contributed by atoms with E-state index in [-0.39, 0.29) is 22.3 Å². The molecular weight excluding hydrogens is 559 g/mol. The van der Waals surface area contributed by atoms with E-state index in [4.69, 9.17) is 4.74 Å². The van der Waals surface area contributed by atoms with Crippen molar-refractivity contribution >= 4 is 27.7 Å². The lowest BCUT2D eigenvalue weighted by molar-refractivity contribution is -0.189. The smallest absolute Gasteiger partial charge is 0.483 e. The topological polar surface area (TPSA) is 95.3 Å². The van der Waals surface area contributed by atoms with E-state index in [2.05, 4.69) is 36.0 Å². The van der Waals surface area contributed by atoms with Gasteiger partial charge in [-0.3, -0.25) is 4.79 Å². The van der Waals surface area contributed by atoms with E-state index in [1.807, 2.05) is 0 Å². The highest BCUT2D eigenvalue weighted by Crippen LogP contribution is 2.38. The summed E-state index contributed by atoms with van der Waals surface area (Å²) in [6.45, 7) is 2.07. The molecule has 0 fully saturated rings. The molecule has 0 saturated heterocycles. The van der Waals surface area contributed by atoms with Gasteiger partial charge in [0.2, 0.25) is 0 Å². The molecule has 14 heteroatoms. The second kappa shape index (κ2) is 10.6. The van der Waals surface area contributed by atoms with Gasteiger partial charge in [0.1, 0.15) is 34.4 Å². The van der Waals surface area contributed by atoms with Gasteiger partial charge in [0.25, 0.3) is 5.56 Å². The molecule has 2 aromatic heterocycles. The van der Waals surface area contributed by atoms with Crippen molar-refractivity contribution in [1.29, 1.82) is 0 Å². The molecule has 0 aliphatic carbocycles. The number of benzene rings is 1. The van der Waals surface area contributed by atoms with Crippen molar-refractivity contribution in [2.75, 3.05) is 12.4 Å². The molecule has 2 heterocycles. The molecule has 0 atom stereocenters. The lowest BCUT2D eigenvalue weighted by atomic mass is 10.2. The molecule has 192 valence electrons. The third-order valence-corrected chi connectivity index (χ3v) is 5.63. The van der Waals surface area contributed by atoms with Crippen molar-refractivity contribution in [3.63, 3.8) is 0 Å². The average Bonchev–Trinajstić information content (AvgIpc) is 2.81. The van der Waals surface area contributed by atoms with Gasteiger partial charge in [0.15, 0.2) is 11.5 Å². The first-order valence-electron chi connectivity index (χ1n) is 10.1. The second-order valence-corrected chi connectivity index (χ2v) is 8.19. The van der Waals surface area contributed by atoms with E-state index in [1.165, 1.54) is 13.1 Å². The summed E-state index contributed by atoms with van der Waals surface area (Å²) >= 11 is 2.99. The summed E-state index contributed by atoms with van der Waals surface area (Å²) in [6, 6.07) is 2.60. The number of carbonyl (C=O) groups excluding carboxylic acids is 1. The summed E-state index contributed by atoms with van der Waals surface area (Å²) in [5, 5.41) is 2.84. The van der Waals surface area contributed by atoms with Crippen molar-refractivity contribution in [1.82, 2.24) is 14.5 Å². The molecule has 36 heavy (non-hydrogen) atoms. The van der Waals surface area contributed by atoms with Crippen LogP contribution in [0.2, 0.25) is 0 Å². The van der Waals surface area contributed by atoms with E-state index >= 15 is 0 Å². The standard InChI is InChI=1S/C22H18BrF5N4O4/c1-10-17(36-21(34)22(26,27)28)18(35-9-12-4-5-14(24)6-15(12)25)16(23)20(33)32(10)8-13-7-30-11(2)31-19(13)29-3/h4-7H,8-9H2,1-3H3,(H,29,30,31).